The fourth-order valence-corrected chi connectivity index (χ4v) is 1.26. The summed E-state index contributed by atoms with van der Waals surface area (Å²) in [6.07, 6.45) is -5.32. The first kappa shape index (κ1) is 14.6. The molecule has 0 fully saturated rings. The lowest BCUT2D eigenvalue weighted by molar-refractivity contribution is -0.137. The molecule has 2 nitrogen and oxygen atoms in total. The molecule has 0 bridgehead atoms. The van der Waals surface area contributed by atoms with Crippen LogP contribution in [0.15, 0.2) is 24.3 Å². The van der Waals surface area contributed by atoms with Crippen molar-refractivity contribution in [3.63, 3.8) is 0 Å². The van der Waals surface area contributed by atoms with Crippen molar-refractivity contribution in [3.05, 3.63) is 35.6 Å². The molecule has 0 saturated heterocycles. The number of rotatable bonds is 6. The fraction of sp³-hybridized carbons (Fsp3) is 0.417. The standard InChI is InChI=1S/C12H12F4O2/c13-10-4-2-9(3-5-10)11(17)8-18-7-1-6-12(14,15)16/h2-5H,1,6-8H2. The molecule has 0 aromatic heterocycles. The van der Waals surface area contributed by atoms with Crippen molar-refractivity contribution >= 4 is 5.78 Å². The molecule has 1 rings (SSSR count). The molecular weight excluding hydrogens is 252 g/mol. The van der Waals surface area contributed by atoms with Crippen LogP contribution >= 0.6 is 0 Å². The Balaban J connectivity index is 2.24. The maximum absolute atomic E-state index is 12.6. The number of ether oxygens (including phenoxy) is 1. The van der Waals surface area contributed by atoms with Crippen molar-refractivity contribution in [2.24, 2.45) is 0 Å². The van der Waals surface area contributed by atoms with Crippen LogP contribution in [0.1, 0.15) is 23.2 Å². The molecule has 6 heteroatoms. The van der Waals surface area contributed by atoms with Crippen molar-refractivity contribution < 1.29 is 27.1 Å². The number of hydrogen-bond donors (Lipinski definition) is 0. The van der Waals surface area contributed by atoms with Crippen molar-refractivity contribution in [3.8, 4) is 0 Å². The number of carbonyl (C=O) groups excluding carboxylic acids is 1. The second-order valence-electron chi connectivity index (χ2n) is 3.70. The highest BCUT2D eigenvalue weighted by molar-refractivity contribution is 5.96. The molecule has 100 valence electrons. The smallest absolute Gasteiger partial charge is 0.373 e. The molecule has 0 aliphatic carbocycles. The lowest BCUT2D eigenvalue weighted by atomic mass is 10.1. The Labute approximate surface area is 102 Å². The predicted octanol–water partition coefficient (Wildman–Crippen LogP) is 3.37. The average Bonchev–Trinajstić information content (AvgIpc) is 2.27. The van der Waals surface area contributed by atoms with E-state index in [1.807, 2.05) is 0 Å². The highest BCUT2D eigenvalue weighted by atomic mass is 19.4. The van der Waals surface area contributed by atoms with Gasteiger partial charge in [-0.2, -0.15) is 13.2 Å². The van der Waals surface area contributed by atoms with Crippen LogP contribution in [0.5, 0.6) is 0 Å². The van der Waals surface area contributed by atoms with E-state index in [0.29, 0.717) is 0 Å². The predicted molar refractivity (Wildman–Crippen MR) is 56.8 cm³/mol. The van der Waals surface area contributed by atoms with Gasteiger partial charge >= 0.3 is 6.18 Å². The number of Topliss-reactive ketones (excluding diaryl/α,β-unsaturated/α-hetero) is 1. The minimum absolute atomic E-state index is 0.132. The third kappa shape index (κ3) is 5.77. The summed E-state index contributed by atoms with van der Waals surface area (Å²) in [5.41, 5.74) is 0.271. The second-order valence-corrected chi connectivity index (χ2v) is 3.70. The summed E-state index contributed by atoms with van der Waals surface area (Å²) in [5, 5.41) is 0. The van der Waals surface area contributed by atoms with E-state index in [9.17, 15) is 22.4 Å². The van der Waals surface area contributed by atoms with E-state index < -0.39 is 18.4 Å². The Morgan fingerprint density at radius 2 is 1.78 bits per heavy atom. The molecule has 0 heterocycles. The van der Waals surface area contributed by atoms with Crippen LogP contribution in [0.25, 0.3) is 0 Å². The molecule has 0 aliphatic heterocycles. The lowest BCUT2D eigenvalue weighted by Gasteiger charge is -2.06. The van der Waals surface area contributed by atoms with Crippen molar-refractivity contribution in [2.45, 2.75) is 19.0 Å². The van der Waals surface area contributed by atoms with E-state index in [-0.39, 0.29) is 31.0 Å². The van der Waals surface area contributed by atoms with Gasteiger partial charge in [-0.25, -0.2) is 4.39 Å². The van der Waals surface area contributed by atoms with Gasteiger partial charge in [0.05, 0.1) is 0 Å². The van der Waals surface area contributed by atoms with Crippen LogP contribution in [0.3, 0.4) is 0 Å². The zero-order valence-electron chi connectivity index (χ0n) is 9.47. The summed E-state index contributed by atoms with van der Waals surface area (Å²) >= 11 is 0. The maximum atomic E-state index is 12.6. The molecule has 1 aromatic carbocycles. The van der Waals surface area contributed by atoms with Crippen LogP contribution in [0.4, 0.5) is 17.6 Å². The summed E-state index contributed by atoms with van der Waals surface area (Å²) in [6.45, 7) is -0.435. The topological polar surface area (TPSA) is 26.3 Å². The molecule has 0 N–H and O–H groups in total. The molecule has 18 heavy (non-hydrogen) atoms. The van der Waals surface area contributed by atoms with Gasteiger partial charge in [-0.05, 0) is 30.7 Å². The molecular formula is C12H12F4O2. The maximum Gasteiger partial charge on any atom is 0.389 e. The fourth-order valence-electron chi connectivity index (χ4n) is 1.26. The van der Waals surface area contributed by atoms with E-state index in [1.165, 1.54) is 12.1 Å². The largest absolute Gasteiger partial charge is 0.389 e. The number of benzene rings is 1. The van der Waals surface area contributed by atoms with Crippen LogP contribution in [0.2, 0.25) is 0 Å². The molecule has 0 saturated carbocycles. The molecule has 0 aliphatic rings. The third-order valence-electron chi connectivity index (χ3n) is 2.15. The monoisotopic (exact) mass is 264 g/mol. The SMILES string of the molecule is O=C(COCCCC(F)(F)F)c1ccc(F)cc1. The Kier molecular flexibility index (Phi) is 5.27. The van der Waals surface area contributed by atoms with Crippen LogP contribution in [0, 0.1) is 5.82 Å². The van der Waals surface area contributed by atoms with Crippen molar-refractivity contribution in [2.75, 3.05) is 13.2 Å². The molecule has 0 spiro atoms. The van der Waals surface area contributed by atoms with Crippen LogP contribution in [-0.4, -0.2) is 25.2 Å². The molecule has 0 radical (unpaired) electrons. The van der Waals surface area contributed by atoms with Gasteiger partial charge in [-0.1, -0.05) is 0 Å². The minimum Gasteiger partial charge on any atom is -0.373 e. The first-order valence-electron chi connectivity index (χ1n) is 5.32. The van der Waals surface area contributed by atoms with Crippen LogP contribution < -0.4 is 0 Å². The minimum atomic E-state index is -4.20. The molecule has 1 aromatic rings. The summed E-state index contributed by atoms with van der Waals surface area (Å²) in [4.78, 5) is 11.4. The van der Waals surface area contributed by atoms with Gasteiger partial charge in [0.1, 0.15) is 12.4 Å². The average molecular weight is 264 g/mol. The number of ketones is 1. The Morgan fingerprint density at radius 1 is 1.17 bits per heavy atom. The third-order valence-corrected chi connectivity index (χ3v) is 2.15. The van der Waals surface area contributed by atoms with E-state index in [0.717, 1.165) is 12.1 Å². The molecule has 0 amide bonds. The quantitative estimate of drug-likeness (QED) is 0.447. The lowest BCUT2D eigenvalue weighted by Crippen LogP contribution is -2.12. The first-order chi connectivity index (χ1) is 8.38. The molecule has 0 unspecified atom stereocenters. The van der Waals surface area contributed by atoms with Crippen LogP contribution in [-0.2, 0) is 4.74 Å². The number of carbonyl (C=O) groups is 1. The summed E-state index contributed by atoms with van der Waals surface area (Å²) in [7, 11) is 0. The van der Waals surface area contributed by atoms with Crippen molar-refractivity contribution in [1.82, 2.24) is 0 Å². The highest BCUT2D eigenvalue weighted by Crippen LogP contribution is 2.21. The second kappa shape index (κ2) is 6.49. The zero-order valence-corrected chi connectivity index (χ0v) is 9.47. The molecule has 0 atom stereocenters. The van der Waals surface area contributed by atoms with Gasteiger partial charge in [0, 0.05) is 18.6 Å². The van der Waals surface area contributed by atoms with Crippen molar-refractivity contribution in [1.29, 1.82) is 0 Å². The normalized spacial score (nSPS) is 11.6. The van der Waals surface area contributed by atoms with Gasteiger partial charge in [0.25, 0.3) is 0 Å². The van der Waals surface area contributed by atoms with E-state index in [4.69, 9.17) is 4.74 Å². The zero-order chi connectivity index (χ0) is 13.6. The highest BCUT2D eigenvalue weighted by Gasteiger charge is 2.25. The van der Waals surface area contributed by atoms with Gasteiger partial charge in [0.15, 0.2) is 5.78 Å². The Bertz CT molecular complexity index is 384. The van der Waals surface area contributed by atoms with Gasteiger partial charge in [-0.15, -0.1) is 0 Å². The van der Waals surface area contributed by atoms with Gasteiger partial charge in [-0.3, -0.25) is 4.79 Å². The van der Waals surface area contributed by atoms with E-state index in [1.54, 1.807) is 0 Å². The number of halogens is 4. The van der Waals surface area contributed by atoms with Gasteiger partial charge < -0.3 is 4.74 Å². The Hall–Kier alpha value is -1.43. The summed E-state index contributed by atoms with van der Waals surface area (Å²) in [6, 6.07) is 4.88. The Morgan fingerprint density at radius 3 is 2.33 bits per heavy atom. The first-order valence-corrected chi connectivity index (χ1v) is 5.32. The summed E-state index contributed by atoms with van der Waals surface area (Å²) < 4.78 is 52.8. The number of alkyl halides is 3. The van der Waals surface area contributed by atoms with E-state index >= 15 is 0 Å². The van der Waals surface area contributed by atoms with E-state index in [2.05, 4.69) is 0 Å². The van der Waals surface area contributed by atoms with Gasteiger partial charge in [0.2, 0.25) is 0 Å². The number of hydrogen-bond acceptors (Lipinski definition) is 2. The summed E-state index contributed by atoms with van der Waals surface area (Å²) in [5.74, 6) is -0.848.